The molecule has 2 aromatic carbocycles. The third-order valence-corrected chi connectivity index (χ3v) is 6.20. The number of rotatable bonds is 4. The Morgan fingerprint density at radius 1 is 1.07 bits per heavy atom. The molecule has 0 bridgehead atoms. The number of ether oxygens (including phenoxy) is 1. The van der Waals surface area contributed by atoms with Crippen molar-refractivity contribution >= 4 is 33.2 Å². The van der Waals surface area contributed by atoms with Crippen molar-refractivity contribution in [2.75, 3.05) is 31.6 Å². The lowest BCUT2D eigenvalue weighted by Crippen LogP contribution is -2.40. The van der Waals surface area contributed by atoms with Crippen LogP contribution in [0.5, 0.6) is 0 Å². The summed E-state index contributed by atoms with van der Waals surface area (Å²) in [4.78, 5) is 12.3. The number of carbonyl (C=O) groups excluding carboxylic acids is 1. The van der Waals surface area contributed by atoms with Gasteiger partial charge in [-0.15, -0.1) is 0 Å². The minimum absolute atomic E-state index is 0.0771. The Morgan fingerprint density at radius 2 is 1.67 bits per heavy atom. The van der Waals surface area contributed by atoms with E-state index in [4.69, 9.17) is 16.3 Å². The van der Waals surface area contributed by atoms with Crippen molar-refractivity contribution in [1.29, 1.82) is 0 Å². The van der Waals surface area contributed by atoms with Gasteiger partial charge in [-0.1, -0.05) is 11.6 Å². The number of sulfonamides is 1. The first-order valence-electron chi connectivity index (χ1n) is 7.93. The second-order valence-corrected chi connectivity index (χ2v) is 8.09. The van der Waals surface area contributed by atoms with E-state index in [9.17, 15) is 22.0 Å². The molecule has 0 atom stereocenters. The molecule has 0 unspecified atom stereocenters. The molecular weight excluding hydrogens is 402 g/mol. The van der Waals surface area contributed by atoms with Gasteiger partial charge < -0.3 is 10.1 Å². The molecule has 144 valence electrons. The lowest BCUT2D eigenvalue weighted by molar-refractivity contribution is 0.0730. The quantitative estimate of drug-likeness (QED) is 0.778. The Hall–Kier alpha value is -2.07. The monoisotopic (exact) mass is 416 g/mol. The van der Waals surface area contributed by atoms with Crippen molar-refractivity contribution in [1.82, 2.24) is 4.31 Å². The molecule has 1 aliphatic heterocycles. The van der Waals surface area contributed by atoms with E-state index in [-0.39, 0.29) is 34.3 Å². The first-order valence-corrected chi connectivity index (χ1v) is 9.75. The maximum absolute atomic E-state index is 13.3. The van der Waals surface area contributed by atoms with Gasteiger partial charge in [0.25, 0.3) is 5.91 Å². The number of morpholine rings is 1. The number of hydrogen-bond acceptors (Lipinski definition) is 4. The van der Waals surface area contributed by atoms with Crippen LogP contribution in [-0.4, -0.2) is 44.9 Å². The maximum Gasteiger partial charge on any atom is 0.257 e. The summed E-state index contributed by atoms with van der Waals surface area (Å²) < 4.78 is 58.0. The summed E-state index contributed by atoms with van der Waals surface area (Å²) in [5.74, 6) is -3.10. The minimum Gasteiger partial charge on any atom is -0.379 e. The van der Waals surface area contributed by atoms with Gasteiger partial charge in [-0.25, -0.2) is 17.2 Å². The van der Waals surface area contributed by atoms with Crippen LogP contribution in [0.4, 0.5) is 14.5 Å². The van der Waals surface area contributed by atoms with Crippen LogP contribution in [0.25, 0.3) is 0 Å². The van der Waals surface area contributed by atoms with Crippen LogP contribution in [-0.2, 0) is 14.8 Å². The highest BCUT2D eigenvalue weighted by molar-refractivity contribution is 7.89. The molecule has 10 heteroatoms. The predicted molar refractivity (Wildman–Crippen MR) is 95.3 cm³/mol. The van der Waals surface area contributed by atoms with Gasteiger partial charge in [-0.05, 0) is 36.4 Å². The molecule has 0 radical (unpaired) electrons. The van der Waals surface area contributed by atoms with Gasteiger partial charge in [0.05, 0.1) is 28.7 Å². The van der Waals surface area contributed by atoms with E-state index < -0.39 is 27.6 Å². The Labute approximate surface area is 159 Å². The number of halogens is 3. The molecule has 0 spiro atoms. The third-order valence-electron chi connectivity index (χ3n) is 3.97. The molecule has 0 aromatic heterocycles. The van der Waals surface area contributed by atoms with E-state index >= 15 is 0 Å². The van der Waals surface area contributed by atoms with Crippen molar-refractivity contribution in [2.45, 2.75) is 4.90 Å². The van der Waals surface area contributed by atoms with Crippen LogP contribution < -0.4 is 5.32 Å². The van der Waals surface area contributed by atoms with Crippen LogP contribution in [0.3, 0.4) is 0 Å². The number of nitrogens with one attached hydrogen (secondary N) is 1. The molecule has 0 aliphatic carbocycles. The molecule has 27 heavy (non-hydrogen) atoms. The number of hydrogen-bond donors (Lipinski definition) is 1. The zero-order valence-electron chi connectivity index (χ0n) is 13.9. The van der Waals surface area contributed by atoms with Crippen molar-refractivity contribution in [2.24, 2.45) is 0 Å². The van der Waals surface area contributed by atoms with Gasteiger partial charge in [-0.2, -0.15) is 4.31 Å². The second kappa shape index (κ2) is 7.89. The van der Waals surface area contributed by atoms with Gasteiger partial charge in [0.2, 0.25) is 10.0 Å². The van der Waals surface area contributed by atoms with E-state index in [1.807, 2.05) is 0 Å². The zero-order valence-corrected chi connectivity index (χ0v) is 15.5. The summed E-state index contributed by atoms with van der Waals surface area (Å²) in [6.45, 7) is 1.22. The van der Waals surface area contributed by atoms with Gasteiger partial charge in [0.15, 0.2) is 11.6 Å². The first-order chi connectivity index (χ1) is 12.8. The van der Waals surface area contributed by atoms with Gasteiger partial charge >= 0.3 is 0 Å². The highest BCUT2D eigenvalue weighted by Gasteiger charge is 2.26. The van der Waals surface area contributed by atoms with E-state index in [0.717, 1.165) is 0 Å². The van der Waals surface area contributed by atoms with Crippen molar-refractivity contribution < 1.29 is 26.7 Å². The molecule has 0 saturated carbocycles. The van der Waals surface area contributed by atoms with Crippen LogP contribution in [0, 0.1) is 11.6 Å². The summed E-state index contributed by atoms with van der Waals surface area (Å²) in [5.41, 5.74) is 0.0438. The average Bonchev–Trinajstić information content (AvgIpc) is 2.65. The summed E-state index contributed by atoms with van der Waals surface area (Å²) in [7, 11) is -3.65. The van der Waals surface area contributed by atoms with Crippen molar-refractivity contribution in [3.05, 3.63) is 58.6 Å². The van der Waals surface area contributed by atoms with E-state index in [1.54, 1.807) is 0 Å². The van der Waals surface area contributed by atoms with Crippen LogP contribution in [0.2, 0.25) is 5.02 Å². The molecule has 3 rings (SSSR count). The molecule has 1 amide bonds. The molecule has 1 saturated heterocycles. The highest BCUT2D eigenvalue weighted by atomic mass is 35.5. The summed E-state index contributed by atoms with van der Waals surface area (Å²) in [6.07, 6.45) is 0. The predicted octanol–water partition coefficient (Wildman–Crippen LogP) is 2.89. The van der Waals surface area contributed by atoms with Gasteiger partial charge in [0.1, 0.15) is 0 Å². The average molecular weight is 417 g/mol. The Kier molecular flexibility index (Phi) is 5.75. The summed E-state index contributed by atoms with van der Waals surface area (Å²) in [6, 6.07) is 6.92. The fourth-order valence-corrected chi connectivity index (χ4v) is 4.19. The fraction of sp³-hybridized carbons (Fsp3) is 0.235. The molecule has 2 aromatic rings. The first kappa shape index (κ1) is 19.7. The Balaban J connectivity index is 1.76. The number of carbonyl (C=O) groups is 1. The minimum atomic E-state index is -3.65. The third kappa shape index (κ3) is 4.27. The van der Waals surface area contributed by atoms with Gasteiger partial charge in [-0.3, -0.25) is 4.79 Å². The van der Waals surface area contributed by atoms with Crippen molar-refractivity contribution in [3.63, 3.8) is 0 Å². The van der Waals surface area contributed by atoms with E-state index in [1.165, 1.54) is 28.6 Å². The molecule has 1 aliphatic rings. The number of benzene rings is 2. The lowest BCUT2D eigenvalue weighted by atomic mass is 10.2. The molecule has 1 N–H and O–H groups in total. The Morgan fingerprint density at radius 3 is 2.30 bits per heavy atom. The van der Waals surface area contributed by atoms with E-state index in [0.29, 0.717) is 25.3 Å². The van der Waals surface area contributed by atoms with Crippen LogP contribution in [0.1, 0.15) is 10.4 Å². The fourth-order valence-electron chi connectivity index (χ4n) is 2.54. The zero-order chi connectivity index (χ0) is 19.6. The molecule has 6 nitrogen and oxygen atoms in total. The largest absolute Gasteiger partial charge is 0.379 e. The maximum atomic E-state index is 13.3. The smallest absolute Gasteiger partial charge is 0.257 e. The van der Waals surface area contributed by atoms with Crippen molar-refractivity contribution in [3.8, 4) is 0 Å². The Bertz CT molecular complexity index is 962. The number of anilines is 1. The SMILES string of the molecule is O=C(Nc1ccc(S(=O)(=O)N2CCOCC2)cc1)c1cc(F)c(F)cc1Cl. The standard InChI is InChI=1S/C17H15ClF2N2O4S/c18-14-10-16(20)15(19)9-13(14)17(23)21-11-1-3-12(4-2-11)27(24,25)22-5-7-26-8-6-22/h1-4,9-10H,5-8H2,(H,21,23). The summed E-state index contributed by atoms with van der Waals surface area (Å²) >= 11 is 5.77. The lowest BCUT2D eigenvalue weighted by Gasteiger charge is -2.26. The van der Waals surface area contributed by atoms with Crippen LogP contribution in [0.15, 0.2) is 41.3 Å². The summed E-state index contributed by atoms with van der Waals surface area (Å²) in [5, 5.41) is 2.22. The molecular formula is C17H15ClF2N2O4S. The molecule has 1 heterocycles. The normalized spacial score (nSPS) is 15.5. The number of amides is 1. The van der Waals surface area contributed by atoms with E-state index in [2.05, 4.69) is 5.32 Å². The molecule has 1 fully saturated rings. The van der Waals surface area contributed by atoms with Gasteiger partial charge in [0, 0.05) is 18.8 Å². The number of nitrogens with zero attached hydrogens (tertiary/aromatic N) is 1. The second-order valence-electron chi connectivity index (χ2n) is 5.74. The van der Waals surface area contributed by atoms with Crippen LogP contribution >= 0.6 is 11.6 Å². The topological polar surface area (TPSA) is 75.7 Å². The highest BCUT2D eigenvalue weighted by Crippen LogP contribution is 2.23.